The molecule has 0 atom stereocenters. The minimum atomic E-state index is -0.0533. The number of carbonyl (C=O) groups excluding carboxylic acids is 1. The summed E-state index contributed by atoms with van der Waals surface area (Å²) in [5.74, 6) is 0.330. The van der Waals surface area contributed by atoms with Crippen molar-refractivity contribution in [3.05, 3.63) is 52.8 Å². The monoisotopic (exact) mass is 290 g/mol. The van der Waals surface area contributed by atoms with Gasteiger partial charge in [-0.15, -0.1) is 0 Å². The summed E-state index contributed by atoms with van der Waals surface area (Å²) < 4.78 is 5.39. The number of ketones is 1. The maximum atomic E-state index is 12.8. The maximum absolute atomic E-state index is 12.8. The predicted octanol–water partition coefficient (Wildman–Crippen LogP) is 3.47. The van der Waals surface area contributed by atoms with Crippen LogP contribution in [0.3, 0.4) is 0 Å². The lowest BCUT2D eigenvalue weighted by molar-refractivity contribution is 0.103. The Kier molecular flexibility index (Phi) is 2.57. The molecule has 1 aliphatic carbocycles. The van der Waals surface area contributed by atoms with Crippen molar-refractivity contribution in [2.75, 3.05) is 7.11 Å². The number of aromatic nitrogens is 2. The number of pyridine rings is 2. The van der Waals surface area contributed by atoms with E-state index < -0.39 is 0 Å². The summed E-state index contributed by atoms with van der Waals surface area (Å²) in [6.07, 6.45) is 1.74. The third kappa shape index (κ3) is 1.55. The van der Waals surface area contributed by atoms with Gasteiger partial charge in [0.05, 0.1) is 23.8 Å². The molecule has 0 aliphatic heterocycles. The van der Waals surface area contributed by atoms with E-state index in [-0.39, 0.29) is 5.78 Å². The Morgan fingerprint density at radius 3 is 2.64 bits per heavy atom. The molecule has 1 aliphatic rings. The van der Waals surface area contributed by atoms with Crippen LogP contribution >= 0.6 is 0 Å². The molecule has 0 spiro atoms. The molecule has 2 aromatic heterocycles. The lowest BCUT2D eigenvalue weighted by Gasteiger charge is -2.10. The highest BCUT2D eigenvalue weighted by Gasteiger charge is 2.34. The number of methoxy groups -OCH3 is 1. The highest BCUT2D eigenvalue weighted by atomic mass is 16.5. The molecule has 108 valence electrons. The van der Waals surface area contributed by atoms with Gasteiger partial charge in [0.1, 0.15) is 0 Å². The second kappa shape index (κ2) is 4.37. The van der Waals surface area contributed by atoms with Crippen LogP contribution in [0.15, 0.2) is 30.5 Å². The number of hydrogen-bond acceptors (Lipinski definition) is 4. The van der Waals surface area contributed by atoms with Gasteiger partial charge in [-0.25, -0.2) is 4.98 Å². The van der Waals surface area contributed by atoms with E-state index in [4.69, 9.17) is 4.74 Å². The molecular weight excluding hydrogens is 276 g/mol. The summed E-state index contributed by atoms with van der Waals surface area (Å²) in [5.41, 5.74) is 5.73. The number of fused-ring (bicyclic) bond motifs is 5. The van der Waals surface area contributed by atoms with Crippen LogP contribution < -0.4 is 4.74 Å². The van der Waals surface area contributed by atoms with Crippen LogP contribution in [0.4, 0.5) is 0 Å². The number of carbonyl (C=O) groups is 1. The minimum Gasteiger partial charge on any atom is -0.480 e. The fourth-order valence-corrected chi connectivity index (χ4v) is 3.18. The Hall–Kier alpha value is -2.75. The molecule has 2 heterocycles. The van der Waals surface area contributed by atoms with Gasteiger partial charge in [0, 0.05) is 22.8 Å². The van der Waals surface area contributed by atoms with Gasteiger partial charge in [-0.3, -0.25) is 9.78 Å². The number of benzene rings is 1. The number of rotatable bonds is 1. The molecule has 0 fully saturated rings. The van der Waals surface area contributed by atoms with Gasteiger partial charge in [0.15, 0.2) is 0 Å². The van der Waals surface area contributed by atoms with Gasteiger partial charge in [-0.1, -0.05) is 12.1 Å². The van der Waals surface area contributed by atoms with E-state index in [1.807, 2.05) is 38.1 Å². The first-order valence-electron chi connectivity index (χ1n) is 7.11. The van der Waals surface area contributed by atoms with Gasteiger partial charge < -0.3 is 4.74 Å². The zero-order chi connectivity index (χ0) is 15.4. The van der Waals surface area contributed by atoms with Crippen LogP contribution in [0.5, 0.6) is 5.88 Å². The lowest BCUT2D eigenvalue weighted by atomic mass is 10.0. The molecule has 0 saturated carbocycles. The van der Waals surface area contributed by atoms with E-state index in [0.29, 0.717) is 17.0 Å². The fraction of sp³-hybridized carbons (Fsp3) is 0.167. The molecule has 0 saturated heterocycles. The molecule has 4 heteroatoms. The number of nitrogens with zero attached hydrogens (tertiary/aromatic N) is 2. The third-order valence-electron chi connectivity index (χ3n) is 4.17. The van der Waals surface area contributed by atoms with Crippen molar-refractivity contribution in [3.8, 4) is 17.0 Å². The molecule has 4 rings (SSSR count). The second-order valence-electron chi connectivity index (χ2n) is 5.54. The highest BCUT2D eigenvalue weighted by Crippen LogP contribution is 2.45. The Morgan fingerprint density at radius 1 is 1.05 bits per heavy atom. The van der Waals surface area contributed by atoms with Gasteiger partial charge >= 0.3 is 0 Å². The fourth-order valence-electron chi connectivity index (χ4n) is 3.18. The summed E-state index contributed by atoms with van der Waals surface area (Å²) >= 11 is 0. The molecule has 22 heavy (non-hydrogen) atoms. The molecule has 0 unspecified atom stereocenters. The van der Waals surface area contributed by atoms with Crippen LogP contribution in [0.1, 0.15) is 27.2 Å². The van der Waals surface area contributed by atoms with Gasteiger partial charge in [0.2, 0.25) is 11.7 Å². The first-order valence-corrected chi connectivity index (χ1v) is 7.11. The van der Waals surface area contributed by atoms with Gasteiger partial charge in [-0.05, 0) is 37.1 Å². The zero-order valence-corrected chi connectivity index (χ0v) is 12.6. The Bertz CT molecular complexity index is 961. The zero-order valence-electron chi connectivity index (χ0n) is 12.6. The molecule has 0 radical (unpaired) electrons. The Morgan fingerprint density at radius 2 is 1.86 bits per heavy atom. The molecule has 0 bridgehead atoms. The van der Waals surface area contributed by atoms with Crippen molar-refractivity contribution in [1.82, 2.24) is 9.97 Å². The standard InChI is InChI=1S/C18H14N2O2/c1-9-4-5-11-13(8-9)20-18(22-3)16-15(11)12-6-7-19-10(2)14(12)17(16)21/h4-8H,1-3H3. The van der Waals surface area contributed by atoms with Crippen LogP contribution in [-0.2, 0) is 0 Å². The van der Waals surface area contributed by atoms with Crippen molar-refractivity contribution >= 4 is 16.7 Å². The van der Waals surface area contributed by atoms with Crippen molar-refractivity contribution in [2.24, 2.45) is 0 Å². The SMILES string of the molecule is COc1nc2cc(C)ccc2c2c1C(=O)c1c-2ccnc1C. The molecule has 3 aromatic rings. The van der Waals surface area contributed by atoms with Crippen molar-refractivity contribution in [3.63, 3.8) is 0 Å². The molecule has 4 nitrogen and oxygen atoms in total. The molecule has 0 N–H and O–H groups in total. The highest BCUT2D eigenvalue weighted by molar-refractivity contribution is 6.27. The summed E-state index contributed by atoms with van der Waals surface area (Å²) in [6.45, 7) is 3.88. The van der Waals surface area contributed by atoms with E-state index in [1.54, 1.807) is 13.3 Å². The van der Waals surface area contributed by atoms with E-state index in [9.17, 15) is 4.79 Å². The lowest BCUT2D eigenvalue weighted by Crippen LogP contribution is -2.03. The minimum absolute atomic E-state index is 0.0533. The van der Waals surface area contributed by atoms with Crippen molar-refractivity contribution < 1.29 is 9.53 Å². The topological polar surface area (TPSA) is 52.1 Å². The Balaban J connectivity index is 2.22. The predicted molar refractivity (Wildman–Crippen MR) is 84.4 cm³/mol. The smallest absolute Gasteiger partial charge is 0.225 e. The quantitative estimate of drug-likeness (QED) is 0.538. The number of ether oxygens (including phenoxy) is 1. The molecule has 0 amide bonds. The summed E-state index contributed by atoms with van der Waals surface area (Å²) in [6, 6.07) is 7.96. The van der Waals surface area contributed by atoms with E-state index in [2.05, 4.69) is 9.97 Å². The van der Waals surface area contributed by atoms with Crippen molar-refractivity contribution in [2.45, 2.75) is 13.8 Å². The summed E-state index contributed by atoms with van der Waals surface area (Å²) in [5, 5.41) is 0.971. The average Bonchev–Trinajstić information content (AvgIpc) is 2.81. The summed E-state index contributed by atoms with van der Waals surface area (Å²) in [7, 11) is 1.55. The van der Waals surface area contributed by atoms with Gasteiger partial charge in [-0.2, -0.15) is 0 Å². The van der Waals surface area contributed by atoms with E-state index in [1.165, 1.54) is 0 Å². The summed E-state index contributed by atoms with van der Waals surface area (Å²) in [4.78, 5) is 21.6. The second-order valence-corrected chi connectivity index (χ2v) is 5.54. The normalized spacial score (nSPS) is 12.4. The Labute approximate surface area is 127 Å². The van der Waals surface area contributed by atoms with E-state index >= 15 is 0 Å². The first-order chi connectivity index (χ1) is 10.6. The van der Waals surface area contributed by atoms with Crippen LogP contribution in [-0.4, -0.2) is 22.9 Å². The maximum Gasteiger partial charge on any atom is 0.225 e. The van der Waals surface area contributed by atoms with Crippen LogP contribution in [0, 0.1) is 13.8 Å². The van der Waals surface area contributed by atoms with E-state index in [0.717, 1.165) is 33.3 Å². The number of aryl methyl sites for hydroxylation is 2. The molecular formula is C18H14N2O2. The number of hydrogen-bond donors (Lipinski definition) is 0. The van der Waals surface area contributed by atoms with Crippen LogP contribution in [0.25, 0.3) is 22.0 Å². The van der Waals surface area contributed by atoms with Crippen LogP contribution in [0.2, 0.25) is 0 Å². The van der Waals surface area contributed by atoms with Gasteiger partial charge in [0.25, 0.3) is 0 Å². The molecule has 1 aromatic carbocycles. The average molecular weight is 290 g/mol. The largest absolute Gasteiger partial charge is 0.480 e. The van der Waals surface area contributed by atoms with Crippen molar-refractivity contribution in [1.29, 1.82) is 0 Å². The third-order valence-corrected chi connectivity index (χ3v) is 4.17. The first kappa shape index (κ1) is 13.0.